The highest BCUT2D eigenvalue weighted by molar-refractivity contribution is 7.86. The van der Waals surface area contributed by atoms with Gasteiger partial charge in [-0.25, -0.2) is 0 Å². The zero-order valence-electron chi connectivity index (χ0n) is 11.1. The van der Waals surface area contributed by atoms with E-state index in [1.807, 2.05) is 60.7 Å². The third-order valence-corrected chi connectivity index (χ3v) is 5.04. The molecular formula is C16H16O3S. The lowest BCUT2D eigenvalue weighted by Crippen LogP contribution is -2.26. The molecule has 2 aromatic rings. The molecule has 2 atom stereocenters. The summed E-state index contributed by atoms with van der Waals surface area (Å²) in [6.07, 6.45) is 0. The average Bonchev–Trinajstić information content (AvgIpc) is 2.48. The molecule has 2 aromatic carbocycles. The Hall–Kier alpha value is -1.94. The van der Waals surface area contributed by atoms with Crippen LogP contribution < -0.4 is 0 Å². The molecule has 104 valence electrons. The Morgan fingerprint density at radius 2 is 1.35 bits per heavy atom. The van der Waals surface area contributed by atoms with E-state index in [2.05, 4.69) is 0 Å². The minimum atomic E-state index is -1.53. The van der Waals surface area contributed by atoms with E-state index in [9.17, 15) is 9.00 Å². The first-order valence-corrected chi connectivity index (χ1v) is 7.61. The maximum absolute atomic E-state index is 12.6. The molecule has 0 aromatic heterocycles. The van der Waals surface area contributed by atoms with Crippen LogP contribution >= 0.6 is 0 Å². The summed E-state index contributed by atoms with van der Waals surface area (Å²) in [4.78, 5) is 11.1. The molecule has 0 saturated carbocycles. The van der Waals surface area contributed by atoms with Crippen molar-refractivity contribution in [2.24, 2.45) is 0 Å². The van der Waals surface area contributed by atoms with Crippen LogP contribution in [0.2, 0.25) is 0 Å². The molecule has 0 bridgehead atoms. The molecular weight excluding hydrogens is 272 g/mol. The lowest BCUT2D eigenvalue weighted by molar-refractivity contribution is -0.136. The maximum Gasteiger partial charge on any atom is 0.319 e. The SMILES string of the molecule is CC(C(=O)O)S(=O)C(c1ccccc1)c1ccccc1. The molecule has 1 N–H and O–H groups in total. The van der Waals surface area contributed by atoms with Crippen LogP contribution in [0.4, 0.5) is 0 Å². The zero-order chi connectivity index (χ0) is 14.5. The summed E-state index contributed by atoms with van der Waals surface area (Å²) < 4.78 is 12.6. The second-order valence-electron chi connectivity index (χ2n) is 4.51. The quantitative estimate of drug-likeness (QED) is 0.920. The van der Waals surface area contributed by atoms with Crippen molar-refractivity contribution in [1.29, 1.82) is 0 Å². The van der Waals surface area contributed by atoms with E-state index in [0.717, 1.165) is 11.1 Å². The Kier molecular flexibility index (Phi) is 4.69. The number of carbonyl (C=O) groups is 1. The largest absolute Gasteiger partial charge is 0.480 e. The van der Waals surface area contributed by atoms with Gasteiger partial charge in [-0.15, -0.1) is 0 Å². The Balaban J connectivity index is 2.46. The third kappa shape index (κ3) is 3.14. The maximum atomic E-state index is 12.6. The van der Waals surface area contributed by atoms with Gasteiger partial charge in [0.25, 0.3) is 0 Å². The van der Waals surface area contributed by atoms with Crippen LogP contribution in [0.25, 0.3) is 0 Å². The zero-order valence-corrected chi connectivity index (χ0v) is 11.9. The molecule has 0 aliphatic heterocycles. The van der Waals surface area contributed by atoms with Gasteiger partial charge in [0.05, 0.1) is 5.25 Å². The number of carboxylic acid groups (broad SMARTS) is 1. The highest BCUT2D eigenvalue weighted by Crippen LogP contribution is 2.30. The van der Waals surface area contributed by atoms with Crippen molar-refractivity contribution in [1.82, 2.24) is 0 Å². The van der Waals surface area contributed by atoms with Crippen LogP contribution in [-0.4, -0.2) is 20.5 Å². The molecule has 0 aliphatic carbocycles. The fraction of sp³-hybridized carbons (Fsp3) is 0.188. The number of benzene rings is 2. The van der Waals surface area contributed by atoms with Gasteiger partial charge in [0.1, 0.15) is 5.25 Å². The third-order valence-electron chi connectivity index (χ3n) is 3.13. The molecule has 0 heterocycles. The molecule has 2 unspecified atom stereocenters. The summed E-state index contributed by atoms with van der Waals surface area (Å²) in [5.74, 6) is -1.04. The molecule has 0 saturated heterocycles. The lowest BCUT2D eigenvalue weighted by Gasteiger charge is -2.20. The number of carboxylic acids is 1. The van der Waals surface area contributed by atoms with Crippen molar-refractivity contribution < 1.29 is 14.1 Å². The predicted molar refractivity (Wildman–Crippen MR) is 80.0 cm³/mol. The molecule has 20 heavy (non-hydrogen) atoms. The van der Waals surface area contributed by atoms with Crippen molar-refractivity contribution in [3.8, 4) is 0 Å². The molecule has 2 rings (SSSR count). The minimum absolute atomic E-state index is 0.427. The van der Waals surface area contributed by atoms with Gasteiger partial charge < -0.3 is 5.11 Å². The lowest BCUT2D eigenvalue weighted by atomic mass is 10.0. The van der Waals surface area contributed by atoms with Crippen LogP contribution in [0.1, 0.15) is 23.3 Å². The fourth-order valence-corrected chi connectivity index (χ4v) is 3.48. The highest BCUT2D eigenvalue weighted by Gasteiger charge is 2.29. The minimum Gasteiger partial charge on any atom is -0.480 e. The van der Waals surface area contributed by atoms with E-state index < -0.39 is 27.3 Å². The first kappa shape index (κ1) is 14.5. The van der Waals surface area contributed by atoms with Crippen molar-refractivity contribution in [2.45, 2.75) is 17.4 Å². The van der Waals surface area contributed by atoms with E-state index in [4.69, 9.17) is 5.11 Å². The number of hydrogen-bond donors (Lipinski definition) is 1. The fourth-order valence-electron chi connectivity index (χ4n) is 2.02. The number of aliphatic carboxylic acids is 1. The Morgan fingerprint density at radius 3 is 1.70 bits per heavy atom. The van der Waals surface area contributed by atoms with Gasteiger partial charge in [0, 0.05) is 10.8 Å². The van der Waals surface area contributed by atoms with Gasteiger partial charge >= 0.3 is 5.97 Å². The van der Waals surface area contributed by atoms with E-state index >= 15 is 0 Å². The highest BCUT2D eigenvalue weighted by atomic mass is 32.2. The Bertz CT molecular complexity index is 556. The first-order chi connectivity index (χ1) is 9.61. The summed E-state index contributed by atoms with van der Waals surface area (Å²) in [5, 5.41) is 7.76. The molecule has 0 spiro atoms. The van der Waals surface area contributed by atoms with E-state index in [1.54, 1.807) is 0 Å². The van der Waals surface area contributed by atoms with E-state index in [-0.39, 0.29) is 0 Å². The van der Waals surface area contributed by atoms with Gasteiger partial charge in [-0.2, -0.15) is 0 Å². The molecule has 4 heteroatoms. The average molecular weight is 288 g/mol. The summed E-state index contributed by atoms with van der Waals surface area (Å²) >= 11 is 0. The smallest absolute Gasteiger partial charge is 0.319 e. The molecule has 0 amide bonds. The predicted octanol–water partition coefficient (Wildman–Crippen LogP) is 3.00. The number of rotatable bonds is 5. The van der Waals surface area contributed by atoms with Crippen LogP contribution in [0.15, 0.2) is 60.7 Å². The molecule has 3 nitrogen and oxygen atoms in total. The van der Waals surface area contributed by atoms with Gasteiger partial charge in [0.2, 0.25) is 0 Å². The van der Waals surface area contributed by atoms with Gasteiger partial charge in [-0.1, -0.05) is 60.7 Å². The van der Waals surface area contributed by atoms with E-state index in [1.165, 1.54) is 6.92 Å². The summed E-state index contributed by atoms with van der Waals surface area (Å²) in [7, 11) is -1.53. The van der Waals surface area contributed by atoms with Crippen LogP contribution in [0, 0.1) is 0 Å². The monoisotopic (exact) mass is 288 g/mol. The van der Waals surface area contributed by atoms with Gasteiger partial charge in [-0.3, -0.25) is 9.00 Å². The summed E-state index contributed by atoms with van der Waals surface area (Å²) in [5.41, 5.74) is 1.73. The topological polar surface area (TPSA) is 54.4 Å². The second-order valence-corrected chi connectivity index (χ2v) is 6.35. The Morgan fingerprint density at radius 1 is 0.950 bits per heavy atom. The Labute approximate surface area is 120 Å². The number of hydrogen-bond acceptors (Lipinski definition) is 2. The van der Waals surface area contributed by atoms with Crippen molar-refractivity contribution >= 4 is 16.8 Å². The normalized spacial score (nSPS) is 13.9. The standard InChI is InChI=1S/C16H16O3S/c1-12(16(17)18)20(19)15(13-8-4-2-5-9-13)14-10-6-3-7-11-14/h2-12,15H,1H3,(H,17,18). The van der Waals surface area contributed by atoms with Crippen molar-refractivity contribution in [3.05, 3.63) is 71.8 Å². The molecule has 0 aliphatic rings. The molecule has 0 fully saturated rings. The van der Waals surface area contributed by atoms with Crippen molar-refractivity contribution in [2.75, 3.05) is 0 Å². The van der Waals surface area contributed by atoms with Crippen LogP contribution in [0.3, 0.4) is 0 Å². The molecule has 0 radical (unpaired) electrons. The van der Waals surface area contributed by atoms with Gasteiger partial charge in [0.15, 0.2) is 0 Å². The van der Waals surface area contributed by atoms with Crippen LogP contribution in [0.5, 0.6) is 0 Å². The van der Waals surface area contributed by atoms with Crippen LogP contribution in [-0.2, 0) is 15.6 Å². The van der Waals surface area contributed by atoms with E-state index in [0.29, 0.717) is 0 Å². The van der Waals surface area contributed by atoms with Crippen molar-refractivity contribution in [3.63, 3.8) is 0 Å². The second kappa shape index (κ2) is 6.48. The summed E-state index contributed by atoms with van der Waals surface area (Å²) in [6.45, 7) is 1.48. The van der Waals surface area contributed by atoms with Gasteiger partial charge in [-0.05, 0) is 18.1 Å². The summed E-state index contributed by atoms with van der Waals surface area (Å²) in [6, 6.07) is 18.8. The first-order valence-electron chi connectivity index (χ1n) is 6.33.